The third-order valence-corrected chi connectivity index (χ3v) is 5.20. The molecular formula is C22H23N5O3. The van der Waals surface area contributed by atoms with Crippen LogP contribution in [0.1, 0.15) is 28.9 Å². The van der Waals surface area contributed by atoms with Crippen molar-refractivity contribution < 1.29 is 9.59 Å². The minimum Gasteiger partial charge on any atom is -0.347 e. The second kappa shape index (κ2) is 8.36. The first-order valence-electron chi connectivity index (χ1n) is 9.92. The molecule has 2 N–H and O–H groups in total. The topological polar surface area (TPSA) is 96.3 Å². The van der Waals surface area contributed by atoms with E-state index in [-0.39, 0.29) is 29.7 Å². The number of hydrogen-bond acceptors (Lipinski definition) is 4. The highest BCUT2D eigenvalue weighted by Gasteiger charge is 2.18. The van der Waals surface area contributed by atoms with Gasteiger partial charge in [0.2, 0.25) is 0 Å². The molecule has 0 spiro atoms. The van der Waals surface area contributed by atoms with E-state index in [4.69, 9.17) is 0 Å². The lowest BCUT2D eigenvalue weighted by atomic mass is 10.1. The standard InChI is InChI=1S/C22H23N5O3/c1-26-21(29)18-10-3-2-9-17(18)19(25-26)20(28)23-14-15-7-6-8-16(13-15)24-22(30)27-11-4-5-12-27/h2-3,6-10,13H,4-5,11-12,14H2,1H3,(H,23,28)(H,24,30). The molecule has 1 saturated heterocycles. The molecule has 8 nitrogen and oxygen atoms in total. The summed E-state index contributed by atoms with van der Waals surface area (Å²) in [6.45, 7) is 1.83. The van der Waals surface area contributed by atoms with E-state index in [0.717, 1.165) is 31.5 Å². The number of rotatable bonds is 4. The largest absolute Gasteiger partial charge is 0.347 e. The molecule has 0 saturated carbocycles. The molecule has 0 unspecified atom stereocenters. The minimum absolute atomic E-state index is 0.102. The van der Waals surface area contributed by atoms with E-state index in [9.17, 15) is 14.4 Å². The van der Waals surface area contributed by atoms with Crippen LogP contribution in [0.2, 0.25) is 0 Å². The molecule has 1 aliphatic rings. The molecule has 0 atom stereocenters. The average Bonchev–Trinajstić information content (AvgIpc) is 3.30. The number of carbonyl (C=O) groups excluding carboxylic acids is 2. The van der Waals surface area contributed by atoms with Crippen LogP contribution in [-0.2, 0) is 13.6 Å². The van der Waals surface area contributed by atoms with Crippen molar-refractivity contribution in [3.63, 3.8) is 0 Å². The summed E-state index contributed by atoms with van der Waals surface area (Å²) in [6, 6.07) is 14.2. The average molecular weight is 405 g/mol. The van der Waals surface area contributed by atoms with Gasteiger partial charge in [-0.2, -0.15) is 5.10 Å². The number of anilines is 1. The first-order valence-corrected chi connectivity index (χ1v) is 9.92. The second-order valence-corrected chi connectivity index (χ2v) is 7.33. The summed E-state index contributed by atoms with van der Waals surface area (Å²) >= 11 is 0. The number of amides is 3. The third kappa shape index (κ3) is 4.03. The van der Waals surface area contributed by atoms with Gasteiger partial charge in [-0.1, -0.05) is 30.3 Å². The number of nitrogens with one attached hydrogen (secondary N) is 2. The van der Waals surface area contributed by atoms with Gasteiger partial charge in [0, 0.05) is 37.8 Å². The molecular weight excluding hydrogens is 382 g/mol. The zero-order valence-corrected chi connectivity index (χ0v) is 16.7. The number of benzene rings is 2. The molecule has 8 heteroatoms. The van der Waals surface area contributed by atoms with Gasteiger partial charge < -0.3 is 15.5 Å². The number of fused-ring (bicyclic) bond motifs is 1. The molecule has 154 valence electrons. The van der Waals surface area contributed by atoms with E-state index >= 15 is 0 Å². The molecule has 1 fully saturated rings. The SMILES string of the molecule is Cn1nc(C(=O)NCc2cccc(NC(=O)N3CCCC3)c2)c2ccccc2c1=O. The molecule has 3 amide bonds. The summed E-state index contributed by atoms with van der Waals surface area (Å²) < 4.78 is 1.17. The Bertz CT molecular complexity index is 1160. The highest BCUT2D eigenvalue weighted by atomic mass is 16.2. The Kier molecular flexibility index (Phi) is 5.47. The zero-order chi connectivity index (χ0) is 21.1. The van der Waals surface area contributed by atoms with Crippen LogP contribution in [0, 0.1) is 0 Å². The van der Waals surface area contributed by atoms with Crippen LogP contribution in [0.15, 0.2) is 53.3 Å². The fraction of sp³-hybridized carbons (Fsp3) is 0.273. The fourth-order valence-corrected chi connectivity index (χ4v) is 3.62. The van der Waals surface area contributed by atoms with Gasteiger partial charge >= 0.3 is 6.03 Å². The van der Waals surface area contributed by atoms with Crippen molar-refractivity contribution >= 4 is 28.4 Å². The lowest BCUT2D eigenvalue weighted by Gasteiger charge is -2.16. The maximum absolute atomic E-state index is 12.8. The molecule has 0 bridgehead atoms. The molecule has 2 aromatic carbocycles. The van der Waals surface area contributed by atoms with Crippen LogP contribution in [0.25, 0.3) is 10.8 Å². The summed E-state index contributed by atoms with van der Waals surface area (Å²) in [7, 11) is 1.53. The van der Waals surface area contributed by atoms with Gasteiger partial charge in [0.15, 0.2) is 5.69 Å². The predicted molar refractivity (Wildman–Crippen MR) is 114 cm³/mol. The Balaban J connectivity index is 1.47. The van der Waals surface area contributed by atoms with E-state index in [1.807, 2.05) is 24.3 Å². The summed E-state index contributed by atoms with van der Waals surface area (Å²) in [4.78, 5) is 39.1. The second-order valence-electron chi connectivity index (χ2n) is 7.33. The van der Waals surface area contributed by atoms with E-state index in [2.05, 4.69) is 15.7 Å². The Morgan fingerprint density at radius 2 is 1.77 bits per heavy atom. The van der Waals surface area contributed by atoms with Crippen molar-refractivity contribution in [2.24, 2.45) is 7.05 Å². The molecule has 0 radical (unpaired) electrons. The number of carbonyl (C=O) groups is 2. The van der Waals surface area contributed by atoms with Crippen LogP contribution in [0.3, 0.4) is 0 Å². The Morgan fingerprint density at radius 1 is 1.03 bits per heavy atom. The van der Waals surface area contributed by atoms with Gasteiger partial charge in [-0.25, -0.2) is 9.48 Å². The van der Waals surface area contributed by atoms with Gasteiger partial charge in [-0.05, 0) is 36.6 Å². The molecule has 2 heterocycles. The van der Waals surface area contributed by atoms with Gasteiger partial charge in [-0.15, -0.1) is 0 Å². The van der Waals surface area contributed by atoms with E-state index in [1.165, 1.54) is 11.7 Å². The zero-order valence-electron chi connectivity index (χ0n) is 16.7. The normalized spacial score (nSPS) is 13.4. The number of likely N-dealkylation sites (tertiary alicyclic amines) is 1. The molecule has 30 heavy (non-hydrogen) atoms. The molecule has 1 aliphatic heterocycles. The van der Waals surface area contributed by atoms with Crippen molar-refractivity contribution in [2.45, 2.75) is 19.4 Å². The van der Waals surface area contributed by atoms with Crippen molar-refractivity contribution in [1.82, 2.24) is 20.0 Å². The van der Waals surface area contributed by atoms with Gasteiger partial charge in [0.05, 0.1) is 5.39 Å². The predicted octanol–water partition coefficient (Wildman–Crippen LogP) is 2.49. The number of nitrogens with zero attached hydrogens (tertiary/aromatic N) is 3. The van der Waals surface area contributed by atoms with Crippen molar-refractivity contribution in [2.75, 3.05) is 18.4 Å². The molecule has 4 rings (SSSR count). The van der Waals surface area contributed by atoms with E-state index < -0.39 is 0 Å². The maximum atomic E-state index is 12.8. The highest BCUT2D eigenvalue weighted by Crippen LogP contribution is 2.15. The third-order valence-electron chi connectivity index (χ3n) is 5.20. The maximum Gasteiger partial charge on any atom is 0.321 e. The monoisotopic (exact) mass is 405 g/mol. The minimum atomic E-state index is -0.367. The van der Waals surface area contributed by atoms with E-state index in [0.29, 0.717) is 16.5 Å². The van der Waals surface area contributed by atoms with Gasteiger partial charge in [-0.3, -0.25) is 9.59 Å². The first-order chi connectivity index (χ1) is 14.5. The van der Waals surface area contributed by atoms with Gasteiger partial charge in [0.25, 0.3) is 11.5 Å². The molecule has 3 aromatic rings. The first kappa shape index (κ1) is 19.6. The molecule has 1 aromatic heterocycles. The summed E-state index contributed by atoms with van der Waals surface area (Å²) in [6.07, 6.45) is 2.07. The quantitative estimate of drug-likeness (QED) is 0.697. The Labute approximate surface area is 173 Å². The Hall–Kier alpha value is -3.68. The van der Waals surface area contributed by atoms with Crippen LogP contribution < -0.4 is 16.2 Å². The van der Waals surface area contributed by atoms with Crippen LogP contribution in [-0.4, -0.2) is 39.7 Å². The van der Waals surface area contributed by atoms with Crippen molar-refractivity contribution in [1.29, 1.82) is 0 Å². The van der Waals surface area contributed by atoms with Crippen LogP contribution in [0.4, 0.5) is 10.5 Å². The Morgan fingerprint density at radius 3 is 2.53 bits per heavy atom. The van der Waals surface area contributed by atoms with Crippen molar-refractivity contribution in [3.8, 4) is 0 Å². The van der Waals surface area contributed by atoms with Crippen LogP contribution in [0.5, 0.6) is 0 Å². The number of hydrogen-bond donors (Lipinski definition) is 2. The smallest absolute Gasteiger partial charge is 0.321 e. The summed E-state index contributed by atoms with van der Waals surface area (Å²) in [5.41, 5.74) is 1.48. The van der Waals surface area contributed by atoms with E-state index in [1.54, 1.807) is 29.2 Å². The van der Waals surface area contributed by atoms with Gasteiger partial charge in [0.1, 0.15) is 0 Å². The van der Waals surface area contributed by atoms with Crippen molar-refractivity contribution in [3.05, 3.63) is 70.1 Å². The number of urea groups is 1. The number of aromatic nitrogens is 2. The fourth-order valence-electron chi connectivity index (χ4n) is 3.62. The molecule has 0 aliphatic carbocycles. The highest BCUT2D eigenvalue weighted by molar-refractivity contribution is 6.04. The summed E-state index contributed by atoms with van der Waals surface area (Å²) in [5.74, 6) is -0.367. The lowest BCUT2D eigenvalue weighted by Crippen LogP contribution is -2.32. The summed E-state index contributed by atoms with van der Waals surface area (Å²) in [5, 5.41) is 10.9. The number of aryl methyl sites for hydroxylation is 1. The van der Waals surface area contributed by atoms with Crippen LogP contribution >= 0.6 is 0 Å². The lowest BCUT2D eigenvalue weighted by molar-refractivity contribution is 0.0945.